The quantitative estimate of drug-likeness (QED) is 0.122. The maximum atomic E-state index is 14.0. The van der Waals surface area contributed by atoms with Crippen molar-refractivity contribution in [1.29, 1.82) is 0 Å². The summed E-state index contributed by atoms with van der Waals surface area (Å²) < 4.78 is 75.4. The third-order valence-corrected chi connectivity index (χ3v) is 10.7. The van der Waals surface area contributed by atoms with Crippen molar-refractivity contribution in [3.05, 3.63) is 119 Å². The molecule has 1 saturated carbocycles. The fourth-order valence-corrected chi connectivity index (χ4v) is 8.33. The summed E-state index contributed by atoms with van der Waals surface area (Å²) in [4.78, 5) is 12.5. The van der Waals surface area contributed by atoms with Crippen LogP contribution < -0.4 is 10.0 Å². The normalized spacial score (nSPS) is 18.4. The van der Waals surface area contributed by atoms with E-state index in [9.17, 15) is 26.4 Å². The lowest BCUT2D eigenvalue weighted by molar-refractivity contribution is -0.149. The number of hydrogen-bond acceptors (Lipinski definition) is 6. The minimum absolute atomic E-state index is 0.0278. The Kier molecular flexibility index (Phi) is 9.88. The van der Waals surface area contributed by atoms with E-state index in [2.05, 4.69) is 15.9 Å². The lowest BCUT2D eigenvalue weighted by Crippen LogP contribution is -2.44. The molecular formula is C34H32BrF3N2O4S. The first kappa shape index (κ1) is 32.6. The summed E-state index contributed by atoms with van der Waals surface area (Å²) in [6.07, 6.45) is -5.07. The van der Waals surface area contributed by atoms with E-state index in [1.54, 1.807) is 6.92 Å². The molecular weight excluding hydrogens is 669 g/mol. The van der Waals surface area contributed by atoms with Crippen molar-refractivity contribution in [3.8, 4) is 0 Å². The van der Waals surface area contributed by atoms with E-state index in [0.29, 0.717) is 0 Å². The molecule has 0 heterocycles. The van der Waals surface area contributed by atoms with Gasteiger partial charge in [0, 0.05) is 11.0 Å². The number of nitrogens with zero attached hydrogens (tertiary/aromatic N) is 2. The van der Waals surface area contributed by atoms with E-state index in [1.807, 2.05) is 101 Å². The Balaban J connectivity index is 1.58. The lowest BCUT2D eigenvalue weighted by atomic mass is 9.95. The molecule has 1 aliphatic rings. The van der Waals surface area contributed by atoms with Gasteiger partial charge in [-0.15, -0.1) is 0 Å². The largest absolute Gasteiger partial charge is 0.466 e. The van der Waals surface area contributed by atoms with Gasteiger partial charge in [0.15, 0.2) is 9.84 Å². The van der Waals surface area contributed by atoms with E-state index in [1.165, 1.54) is 6.07 Å². The zero-order valence-corrected chi connectivity index (χ0v) is 26.8. The van der Waals surface area contributed by atoms with E-state index in [0.717, 1.165) is 29.2 Å². The van der Waals surface area contributed by atoms with Crippen molar-refractivity contribution in [3.63, 3.8) is 0 Å². The highest BCUT2D eigenvalue weighted by Crippen LogP contribution is 2.44. The van der Waals surface area contributed by atoms with Crippen molar-refractivity contribution < 1.29 is 31.1 Å². The summed E-state index contributed by atoms with van der Waals surface area (Å²) in [5, 5.41) is 2.76. The molecule has 4 aromatic rings. The Morgan fingerprint density at radius 1 is 0.844 bits per heavy atom. The van der Waals surface area contributed by atoms with Gasteiger partial charge in [-0.3, -0.25) is 14.8 Å². The number of carbonyl (C=O) groups excluding carboxylic acids is 1. The van der Waals surface area contributed by atoms with Crippen LogP contribution in [0.4, 0.5) is 30.2 Å². The number of alkyl halides is 3. The summed E-state index contributed by atoms with van der Waals surface area (Å²) in [6, 6.07) is 31.7. The molecule has 0 amide bonds. The number of halogens is 4. The van der Waals surface area contributed by atoms with Crippen molar-refractivity contribution >= 4 is 48.8 Å². The Labute approximate surface area is 269 Å². The molecule has 45 heavy (non-hydrogen) atoms. The smallest absolute Gasteiger partial charge is 0.417 e. The van der Waals surface area contributed by atoms with Crippen LogP contribution in [0.15, 0.2) is 119 Å². The molecule has 0 unspecified atom stereocenters. The van der Waals surface area contributed by atoms with Crippen LogP contribution in [0.2, 0.25) is 0 Å². The van der Waals surface area contributed by atoms with Crippen molar-refractivity contribution in [1.82, 2.24) is 0 Å². The van der Waals surface area contributed by atoms with Gasteiger partial charge in [-0.25, -0.2) is 8.42 Å². The van der Waals surface area contributed by atoms with Gasteiger partial charge in [0.05, 0.1) is 45.3 Å². The zero-order valence-electron chi connectivity index (χ0n) is 24.4. The number of benzene rings is 4. The maximum Gasteiger partial charge on any atom is 0.417 e. The Bertz CT molecular complexity index is 1670. The third kappa shape index (κ3) is 7.20. The molecule has 0 aromatic heterocycles. The van der Waals surface area contributed by atoms with E-state index in [-0.39, 0.29) is 30.5 Å². The summed E-state index contributed by atoms with van der Waals surface area (Å²) in [7, 11) is -4.49. The third-order valence-electron chi connectivity index (χ3n) is 7.94. The molecule has 11 heteroatoms. The Hall–Kier alpha value is -3.83. The topological polar surface area (TPSA) is 66.9 Å². The number of ether oxygens (including phenoxy) is 1. The summed E-state index contributed by atoms with van der Waals surface area (Å²) >= 11 is 3.03. The van der Waals surface area contributed by atoms with Gasteiger partial charge in [0.25, 0.3) is 0 Å². The molecule has 0 spiro atoms. The van der Waals surface area contributed by atoms with Crippen LogP contribution >= 0.6 is 15.9 Å². The number of hydrogen-bond donors (Lipinski definition) is 0. The second-order valence-corrected chi connectivity index (χ2v) is 13.9. The Morgan fingerprint density at radius 2 is 1.38 bits per heavy atom. The number of hydrazine groups is 1. The molecule has 0 N–H and O–H groups in total. The predicted octanol–water partition coefficient (Wildman–Crippen LogP) is 8.46. The molecule has 6 nitrogen and oxygen atoms in total. The van der Waals surface area contributed by atoms with Gasteiger partial charge < -0.3 is 4.74 Å². The zero-order chi connectivity index (χ0) is 32.2. The van der Waals surface area contributed by atoms with Crippen molar-refractivity contribution in [2.24, 2.45) is 11.8 Å². The van der Waals surface area contributed by atoms with Gasteiger partial charge in [0.1, 0.15) is 0 Å². The lowest BCUT2D eigenvalue weighted by Gasteiger charge is -2.40. The highest BCUT2D eigenvalue weighted by molar-refractivity contribution is 9.10. The first-order valence-electron chi connectivity index (χ1n) is 14.5. The molecule has 0 radical (unpaired) electrons. The number of anilines is 3. The first-order valence-corrected chi connectivity index (χ1v) is 16.8. The van der Waals surface area contributed by atoms with E-state index < -0.39 is 49.5 Å². The fourth-order valence-electron chi connectivity index (χ4n) is 5.91. The fraction of sp³-hybridized carbons (Fsp3) is 0.265. The summed E-state index contributed by atoms with van der Waals surface area (Å²) in [5.41, 5.74) is 1.20. The Morgan fingerprint density at radius 3 is 1.89 bits per heavy atom. The van der Waals surface area contributed by atoms with Crippen LogP contribution in [0.3, 0.4) is 0 Å². The standard InChI is InChI=1S/C34H32BrF3N2O4S/c1-2-44-33(41)30-22-29(45(42,43)32-19-18-25(35)21-31(32)34(36,37)38)20-24(30)23-39(26-12-6-3-7-13-26)40(27-14-8-4-9-15-27)28-16-10-5-11-17-28/h3-19,21,24,29-30H,2,20,22-23H2,1H3/t24-,29-,30+/m0/s1. The average molecular weight is 702 g/mol. The van der Waals surface area contributed by atoms with Gasteiger partial charge in [-0.05, 0) is 80.3 Å². The number of esters is 1. The summed E-state index contributed by atoms with van der Waals surface area (Å²) in [5.74, 6) is -1.98. The van der Waals surface area contributed by atoms with Crippen LogP contribution in [0, 0.1) is 11.8 Å². The van der Waals surface area contributed by atoms with Crippen LogP contribution in [0.1, 0.15) is 25.3 Å². The SMILES string of the molecule is CCOC(=O)[C@@H]1C[C@@H](S(=O)(=O)c2ccc(Br)cc2C(F)(F)F)C[C@H]1CN(c1ccccc1)N(c1ccccc1)c1ccccc1. The van der Waals surface area contributed by atoms with Crippen LogP contribution in [-0.2, 0) is 25.5 Å². The first-order chi connectivity index (χ1) is 21.5. The monoisotopic (exact) mass is 700 g/mol. The molecule has 4 aromatic carbocycles. The average Bonchev–Trinajstić information content (AvgIpc) is 3.47. The number of para-hydroxylation sites is 3. The number of sulfone groups is 1. The molecule has 3 atom stereocenters. The highest BCUT2D eigenvalue weighted by atomic mass is 79.9. The molecule has 5 rings (SSSR count). The molecule has 236 valence electrons. The minimum atomic E-state index is -4.89. The second-order valence-electron chi connectivity index (χ2n) is 10.8. The second kappa shape index (κ2) is 13.7. The van der Waals surface area contributed by atoms with Gasteiger partial charge in [-0.2, -0.15) is 13.2 Å². The van der Waals surface area contributed by atoms with E-state index >= 15 is 0 Å². The molecule has 0 saturated heterocycles. The number of carbonyl (C=O) groups is 1. The highest BCUT2D eigenvalue weighted by Gasteiger charge is 2.48. The molecule has 1 aliphatic carbocycles. The minimum Gasteiger partial charge on any atom is -0.466 e. The number of rotatable bonds is 10. The summed E-state index contributed by atoms with van der Waals surface area (Å²) in [6.45, 7) is 1.94. The van der Waals surface area contributed by atoms with Crippen LogP contribution in [0.5, 0.6) is 0 Å². The predicted molar refractivity (Wildman–Crippen MR) is 172 cm³/mol. The van der Waals surface area contributed by atoms with Crippen LogP contribution in [0.25, 0.3) is 0 Å². The molecule has 1 fully saturated rings. The molecule has 0 bridgehead atoms. The van der Waals surface area contributed by atoms with E-state index in [4.69, 9.17) is 4.74 Å². The van der Waals surface area contributed by atoms with Crippen LogP contribution in [-0.4, -0.2) is 32.8 Å². The van der Waals surface area contributed by atoms with Gasteiger partial charge in [-0.1, -0.05) is 70.5 Å². The van der Waals surface area contributed by atoms with Gasteiger partial charge >= 0.3 is 12.1 Å². The maximum absolute atomic E-state index is 14.0. The molecule has 0 aliphatic heterocycles. The van der Waals surface area contributed by atoms with Gasteiger partial charge in [0.2, 0.25) is 0 Å². The van der Waals surface area contributed by atoms with Crippen molar-refractivity contribution in [2.75, 3.05) is 23.2 Å². The van der Waals surface area contributed by atoms with Crippen molar-refractivity contribution in [2.45, 2.75) is 36.1 Å².